The van der Waals surface area contributed by atoms with Gasteiger partial charge in [0, 0.05) is 31.2 Å². The van der Waals surface area contributed by atoms with Gasteiger partial charge in [0.2, 0.25) is 0 Å². The molecule has 0 atom stereocenters. The molecule has 0 saturated heterocycles. The number of aromatic nitrogens is 1. The predicted octanol–water partition coefficient (Wildman–Crippen LogP) is 4.71. The van der Waals surface area contributed by atoms with Crippen LogP contribution in [0.15, 0.2) is 66.9 Å². The molecular formula is C22H23N3O. The Labute approximate surface area is 154 Å². The maximum absolute atomic E-state index is 12.7. The first-order valence-electron chi connectivity index (χ1n) is 8.62. The number of aryl methyl sites for hydroxylation is 2. The zero-order chi connectivity index (χ0) is 18.5. The highest BCUT2D eigenvalue weighted by molar-refractivity contribution is 5.93. The first-order valence-corrected chi connectivity index (χ1v) is 8.62. The molecule has 0 aliphatic carbocycles. The topological polar surface area (TPSA) is 45.2 Å². The zero-order valence-electron chi connectivity index (χ0n) is 15.4. The van der Waals surface area contributed by atoms with Crippen molar-refractivity contribution >= 4 is 17.3 Å². The number of amides is 1. The summed E-state index contributed by atoms with van der Waals surface area (Å²) in [5.74, 6) is -0.0995. The molecule has 4 nitrogen and oxygen atoms in total. The molecule has 1 N–H and O–H groups in total. The summed E-state index contributed by atoms with van der Waals surface area (Å²) in [7, 11) is 1.79. The minimum absolute atomic E-state index is 0.0995. The summed E-state index contributed by atoms with van der Waals surface area (Å²) in [5, 5.41) is 3.35. The summed E-state index contributed by atoms with van der Waals surface area (Å²) in [4.78, 5) is 18.6. The van der Waals surface area contributed by atoms with E-state index < -0.39 is 0 Å². The fourth-order valence-corrected chi connectivity index (χ4v) is 2.74. The van der Waals surface area contributed by atoms with Crippen molar-refractivity contribution in [2.75, 3.05) is 12.4 Å². The lowest BCUT2D eigenvalue weighted by Gasteiger charge is -2.17. The van der Waals surface area contributed by atoms with Gasteiger partial charge in [-0.15, -0.1) is 0 Å². The second-order valence-electron chi connectivity index (χ2n) is 6.50. The van der Waals surface area contributed by atoms with Crippen molar-refractivity contribution in [2.45, 2.75) is 20.4 Å². The smallest absolute Gasteiger partial charge is 0.272 e. The van der Waals surface area contributed by atoms with Crippen LogP contribution >= 0.6 is 0 Å². The Morgan fingerprint density at radius 1 is 0.962 bits per heavy atom. The number of carbonyl (C=O) groups excluding carboxylic acids is 1. The number of nitrogens with one attached hydrogen (secondary N) is 1. The van der Waals surface area contributed by atoms with E-state index in [1.165, 1.54) is 11.1 Å². The largest absolute Gasteiger partial charge is 0.355 e. The van der Waals surface area contributed by atoms with E-state index in [4.69, 9.17) is 0 Å². The van der Waals surface area contributed by atoms with Crippen molar-refractivity contribution in [1.82, 2.24) is 9.88 Å². The lowest BCUT2D eigenvalue weighted by molar-refractivity contribution is 0.0779. The van der Waals surface area contributed by atoms with Crippen LogP contribution in [0.2, 0.25) is 0 Å². The van der Waals surface area contributed by atoms with E-state index in [1.807, 2.05) is 42.5 Å². The number of hydrogen-bond acceptors (Lipinski definition) is 3. The molecule has 1 amide bonds. The molecule has 3 aromatic rings. The molecule has 0 spiro atoms. The Kier molecular flexibility index (Phi) is 5.32. The van der Waals surface area contributed by atoms with Gasteiger partial charge in [0.1, 0.15) is 5.69 Å². The van der Waals surface area contributed by atoms with Gasteiger partial charge < -0.3 is 10.2 Å². The van der Waals surface area contributed by atoms with Crippen molar-refractivity contribution in [3.8, 4) is 0 Å². The molecule has 1 heterocycles. The van der Waals surface area contributed by atoms with E-state index in [1.54, 1.807) is 24.2 Å². The average Bonchev–Trinajstić information content (AvgIpc) is 2.65. The van der Waals surface area contributed by atoms with E-state index in [2.05, 4.69) is 36.3 Å². The van der Waals surface area contributed by atoms with Crippen molar-refractivity contribution < 1.29 is 4.79 Å². The van der Waals surface area contributed by atoms with Crippen LogP contribution in [0.1, 0.15) is 27.2 Å². The molecule has 0 aliphatic heterocycles. The van der Waals surface area contributed by atoms with Gasteiger partial charge in [0.05, 0.1) is 0 Å². The van der Waals surface area contributed by atoms with Crippen LogP contribution in [0.3, 0.4) is 0 Å². The number of nitrogens with zero attached hydrogens (tertiary/aromatic N) is 2. The molecule has 0 radical (unpaired) electrons. The average molecular weight is 345 g/mol. The first kappa shape index (κ1) is 17.7. The summed E-state index contributed by atoms with van der Waals surface area (Å²) >= 11 is 0. The van der Waals surface area contributed by atoms with Crippen LogP contribution in [0.4, 0.5) is 11.4 Å². The van der Waals surface area contributed by atoms with Gasteiger partial charge in [-0.3, -0.25) is 9.78 Å². The van der Waals surface area contributed by atoms with Gasteiger partial charge in [-0.25, -0.2) is 0 Å². The van der Waals surface area contributed by atoms with E-state index in [0.717, 1.165) is 16.9 Å². The second-order valence-corrected chi connectivity index (χ2v) is 6.50. The number of carbonyl (C=O) groups is 1. The third-order valence-electron chi connectivity index (χ3n) is 4.38. The van der Waals surface area contributed by atoms with E-state index in [0.29, 0.717) is 12.2 Å². The van der Waals surface area contributed by atoms with Gasteiger partial charge in [0.15, 0.2) is 0 Å². The second kappa shape index (κ2) is 7.83. The number of pyridine rings is 1. The summed E-state index contributed by atoms with van der Waals surface area (Å²) in [6, 6.07) is 19.8. The molecule has 4 heteroatoms. The number of anilines is 2. The van der Waals surface area contributed by atoms with Crippen molar-refractivity contribution in [3.63, 3.8) is 0 Å². The molecule has 0 saturated carbocycles. The monoisotopic (exact) mass is 345 g/mol. The molecule has 0 unspecified atom stereocenters. The minimum atomic E-state index is -0.0995. The highest BCUT2D eigenvalue weighted by Crippen LogP contribution is 2.20. The SMILES string of the molecule is Cc1ccc(Nc2ccnc(C(=O)N(C)Cc3ccccc3)c2)cc1C. The maximum atomic E-state index is 12.7. The van der Waals surface area contributed by atoms with Crippen molar-refractivity contribution in [3.05, 3.63) is 89.2 Å². The molecule has 0 fully saturated rings. The Bertz CT molecular complexity index is 906. The normalized spacial score (nSPS) is 10.4. The Balaban J connectivity index is 1.73. The van der Waals surface area contributed by atoms with Crippen LogP contribution in [0.25, 0.3) is 0 Å². The van der Waals surface area contributed by atoms with Crippen molar-refractivity contribution in [1.29, 1.82) is 0 Å². The number of hydrogen-bond donors (Lipinski definition) is 1. The lowest BCUT2D eigenvalue weighted by atomic mass is 10.1. The van der Waals surface area contributed by atoms with Crippen LogP contribution in [0, 0.1) is 13.8 Å². The molecule has 0 bridgehead atoms. The molecule has 132 valence electrons. The molecule has 3 rings (SSSR count). The summed E-state index contributed by atoms with van der Waals surface area (Å²) in [6.07, 6.45) is 1.66. The summed E-state index contributed by atoms with van der Waals surface area (Å²) in [6.45, 7) is 4.72. The molecule has 1 aromatic heterocycles. The van der Waals surface area contributed by atoms with Crippen LogP contribution in [-0.2, 0) is 6.54 Å². The molecule has 2 aromatic carbocycles. The zero-order valence-corrected chi connectivity index (χ0v) is 15.4. The standard InChI is InChI=1S/C22H23N3O/c1-16-9-10-19(13-17(16)2)24-20-11-12-23-21(14-20)22(26)25(3)15-18-7-5-4-6-8-18/h4-14H,15H2,1-3H3,(H,23,24). The van der Waals surface area contributed by atoms with Crippen LogP contribution < -0.4 is 5.32 Å². The van der Waals surface area contributed by atoms with Gasteiger partial charge in [0.25, 0.3) is 5.91 Å². The number of rotatable bonds is 5. The third-order valence-corrected chi connectivity index (χ3v) is 4.38. The Morgan fingerprint density at radius 2 is 1.69 bits per heavy atom. The van der Waals surface area contributed by atoms with Crippen LogP contribution in [0.5, 0.6) is 0 Å². The quantitative estimate of drug-likeness (QED) is 0.728. The van der Waals surface area contributed by atoms with E-state index >= 15 is 0 Å². The fourth-order valence-electron chi connectivity index (χ4n) is 2.74. The van der Waals surface area contributed by atoms with Crippen molar-refractivity contribution in [2.24, 2.45) is 0 Å². The molecular weight excluding hydrogens is 322 g/mol. The first-order chi connectivity index (χ1) is 12.5. The highest BCUT2D eigenvalue weighted by Gasteiger charge is 2.14. The minimum Gasteiger partial charge on any atom is -0.355 e. The fraction of sp³-hybridized carbons (Fsp3) is 0.182. The van der Waals surface area contributed by atoms with Gasteiger partial charge in [-0.05, 0) is 54.8 Å². The maximum Gasteiger partial charge on any atom is 0.272 e. The molecule has 26 heavy (non-hydrogen) atoms. The van der Waals surface area contributed by atoms with E-state index in [9.17, 15) is 4.79 Å². The van der Waals surface area contributed by atoms with Gasteiger partial charge in [-0.1, -0.05) is 36.4 Å². The summed E-state index contributed by atoms with van der Waals surface area (Å²) in [5.41, 5.74) is 5.84. The molecule has 0 aliphatic rings. The predicted molar refractivity (Wildman–Crippen MR) is 106 cm³/mol. The van der Waals surface area contributed by atoms with Gasteiger partial charge in [-0.2, -0.15) is 0 Å². The Hall–Kier alpha value is -3.14. The third kappa shape index (κ3) is 4.28. The highest BCUT2D eigenvalue weighted by atomic mass is 16.2. The number of benzene rings is 2. The summed E-state index contributed by atoms with van der Waals surface area (Å²) < 4.78 is 0. The van der Waals surface area contributed by atoms with Crippen LogP contribution in [-0.4, -0.2) is 22.8 Å². The Morgan fingerprint density at radius 3 is 2.42 bits per heavy atom. The van der Waals surface area contributed by atoms with Gasteiger partial charge >= 0.3 is 0 Å². The van der Waals surface area contributed by atoms with E-state index in [-0.39, 0.29) is 5.91 Å². The lowest BCUT2D eigenvalue weighted by Crippen LogP contribution is -2.27.